The van der Waals surface area contributed by atoms with Gasteiger partial charge in [-0.1, -0.05) is 23.2 Å². The number of halogens is 5. The van der Waals surface area contributed by atoms with Gasteiger partial charge in [0.15, 0.2) is 17.4 Å². The molecule has 0 aromatic rings. The van der Waals surface area contributed by atoms with Gasteiger partial charge in [0.2, 0.25) is 0 Å². The van der Waals surface area contributed by atoms with Crippen LogP contribution in [0.25, 0.3) is 0 Å². The van der Waals surface area contributed by atoms with Crippen molar-refractivity contribution >= 4 is 82.0 Å². The van der Waals surface area contributed by atoms with Crippen molar-refractivity contribution in [1.29, 1.82) is 0 Å². The molecule has 0 atom stereocenters. The van der Waals surface area contributed by atoms with E-state index in [0.717, 1.165) is 0 Å². The third-order valence-electron chi connectivity index (χ3n) is 0.597. The quantitative estimate of drug-likeness (QED) is 0.241. The summed E-state index contributed by atoms with van der Waals surface area (Å²) in [5.41, 5.74) is 0. The predicted octanol–water partition coefficient (Wildman–Crippen LogP) is 1.17. The Labute approximate surface area is 129 Å². The van der Waals surface area contributed by atoms with E-state index in [9.17, 15) is 4.79 Å². The van der Waals surface area contributed by atoms with Crippen molar-refractivity contribution in [2.75, 3.05) is 0 Å². The standard InChI is InChI=1S/C2Cl5NO3.Al.Zr.3H/c3-2(4,1(9)10-6)8(5)11-7;;;;;. The van der Waals surface area contributed by atoms with Crippen molar-refractivity contribution in [1.82, 2.24) is 4.58 Å². The molecular weight excluding hydrogens is 381 g/mol. The predicted molar refractivity (Wildman–Crippen MR) is 51.0 cm³/mol. The largest absolute Gasteiger partial charge is 0.379 e. The Kier molecular flexibility index (Phi) is 15.1. The van der Waals surface area contributed by atoms with Gasteiger partial charge in [0, 0.05) is 38.0 Å². The second kappa shape index (κ2) is 9.48. The fraction of sp³-hybridized carbons (Fsp3) is 0.500. The first-order chi connectivity index (χ1) is 4.96. The minimum atomic E-state index is -2.29. The van der Waals surface area contributed by atoms with Gasteiger partial charge < -0.3 is 4.29 Å². The second-order valence-corrected chi connectivity index (χ2v) is 3.11. The van der Waals surface area contributed by atoms with E-state index in [1.165, 1.54) is 0 Å². The monoisotopic (exact) mass is 381 g/mol. The van der Waals surface area contributed by atoms with Crippen molar-refractivity contribution in [2.24, 2.45) is 0 Å². The molecule has 0 spiro atoms. The van der Waals surface area contributed by atoms with Crippen LogP contribution in [0.3, 0.4) is 0 Å². The topological polar surface area (TPSA) is 38.8 Å². The molecule has 0 bridgehead atoms. The van der Waals surface area contributed by atoms with Crippen LogP contribution >= 0.6 is 58.7 Å². The van der Waals surface area contributed by atoms with E-state index in [4.69, 9.17) is 46.8 Å². The fourth-order valence-corrected chi connectivity index (χ4v) is 0.741. The maximum absolute atomic E-state index is 10.6. The van der Waals surface area contributed by atoms with Gasteiger partial charge in [-0.15, -0.1) is 0 Å². The molecule has 11 heteroatoms. The van der Waals surface area contributed by atoms with E-state index in [1.54, 1.807) is 0 Å². The first-order valence-corrected chi connectivity index (χ1v) is 3.63. The molecule has 0 saturated heterocycles. The van der Waals surface area contributed by atoms with Crippen molar-refractivity contribution in [3.63, 3.8) is 0 Å². The molecule has 0 amide bonds. The average Bonchev–Trinajstić information content (AvgIpc) is 2.01. The number of hydrogen-bond donors (Lipinski definition) is 0. The molecule has 0 aromatic heterocycles. The zero-order valence-corrected chi connectivity index (χ0v) is 11.3. The Morgan fingerprint density at radius 1 is 1.31 bits per heavy atom. The van der Waals surface area contributed by atoms with Crippen LogP contribution in [0.1, 0.15) is 0 Å². The van der Waals surface area contributed by atoms with Crippen LogP contribution in [0.15, 0.2) is 0 Å². The fourth-order valence-electron chi connectivity index (χ4n) is 0.162. The van der Waals surface area contributed by atoms with E-state index in [2.05, 4.69) is 20.5 Å². The van der Waals surface area contributed by atoms with Gasteiger partial charge in [0.25, 0.3) is 0 Å². The zero-order valence-electron chi connectivity index (χ0n) is 5.06. The minimum absolute atomic E-state index is 0. The Hall–Kier alpha value is 2.26. The van der Waals surface area contributed by atoms with Crippen molar-refractivity contribution in [3.05, 3.63) is 0 Å². The maximum atomic E-state index is 10.6. The summed E-state index contributed by atoms with van der Waals surface area (Å²) in [5, 5.41) is 0. The summed E-state index contributed by atoms with van der Waals surface area (Å²) in [6.07, 6.45) is 0. The van der Waals surface area contributed by atoms with Crippen molar-refractivity contribution in [3.8, 4) is 0 Å². The number of carbonyl (C=O) groups excluding carboxylic acids is 1. The van der Waals surface area contributed by atoms with Crippen molar-refractivity contribution < 1.29 is 39.7 Å². The van der Waals surface area contributed by atoms with Gasteiger partial charge in [-0.25, -0.2) is 4.79 Å². The zero-order chi connectivity index (χ0) is 9.07. The number of nitrogens with zero attached hydrogens (tertiary/aromatic N) is 1. The van der Waals surface area contributed by atoms with E-state index in [-0.39, 0.29) is 48.1 Å². The number of carbonyl (C=O) groups is 1. The van der Waals surface area contributed by atoms with Crippen molar-refractivity contribution in [2.45, 2.75) is 4.46 Å². The maximum Gasteiger partial charge on any atom is 0.379 e. The molecular formula is C2H3AlCl5NO3Zr. The Balaban J connectivity index is -0.000000500. The molecule has 13 heavy (non-hydrogen) atoms. The number of rotatable bonds is 3. The van der Waals surface area contributed by atoms with Gasteiger partial charge in [0.1, 0.15) is 11.9 Å². The molecule has 0 radical (unpaired) electrons. The third-order valence-corrected chi connectivity index (χ3v) is 2.06. The van der Waals surface area contributed by atoms with Crippen LogP contribution in [0.2, 0.25) is 0 Å². The van der Waals surface area contributed by atoms with Crippen LogP contribution in [-0.2, 0) is 39.7 Å². The Morgan fingerprint density at radius 2 is 1.69 bits per heavy atom. The SMILES string of the molecule is O=C(OCl)C(Cl)(Cl)N(Cl)OCl.[AlH3].[Zr]. The molecule has 0 fully saturated rings. The molecule has 4 nitrogen and oxygen atoms in total. The summed E-state index contributed by atoms with van der Waals surface area (Å²) in [5.74, 6) is -1.24. The summed E-state index contributed by atoms with van der Waals surface area (Å²) in [4.78, 5) is 10.6. The molecule has 0 aliphatic heterocycles. The first-order valence-electron chi connectivity index (χ1n) is 1.92. The Morgan fingerprint density at radius 3 is 1.92 bits per heavy atom. The number of alkyl halides is 2. The molecule has 0 unspecified atom stereocenters. The molecule has 0 aliphatic carbocycles. The van der Waals surface area contributed by atoms with Crippen LogP contribution in [-0.4, -0.2) is 32.4 Å². The minimum Gasteiger partial charge on any atom is -0.343 e. The van der Waals surface area contributed by atoms with E-state index < -0.39 is 10.4 Å². The molecule has 0 saturated carbocycles. The van der Waals surface area contributed by atoms with Crippen LogP contribution in [0.5, 0.6) is 0 Å². The van der Waals surface area contributed by atoms with E-state index in [1.807, 2.05) is 0 Å². The molecule has 76 valence electrons. The molecule has 0 rings (SSSR count). The first kappa shape index (κ1) is 20.6. The summed E-state index contributed by atoms with van der Waals surface area (Å²) in [6, 6.07) is 0. The number of hydroxylamine groups is 1. The third kappa shape index (κ3) is 6.42. The molecule has 0 aromatic carbocycles. The average molecular weight is 385 g/mol. The molecule has 0 N–H and O–H groups in total. The molecule has 0 aliphatic rings. The summed E-state index contributed by atoms with van der Waals surface area (Å²) in [6.45, 7) is 0. The summed E-state index contributed by atoms with van der Waals surface area (Å²) >= 11 is 24.9. The molecule has 0 heterocycles. The van der Waals surface area contributed by atoms with Crippen LogP contribution in [0, 0.1) is 0 Å². The van der Waals surface area contributed by atoms with Gasteiger partial charge in [0.05, 0.1) is 11.9 Å². The smallest absolute Gasteiger partial charge is 0.343 e. The summed E-state index contributed by atoms with van der Waals surface area (Å²) < 4.78 is 5.27. The van der Waals surface area contributed by atoms with E-state index >= 15 is 0 Å². The van der Waals surface area contributed by atoms with Gasteiger partial charge >= 0.3 is 10.4 Å². The summed E-state index contributed by atoms with van der Waals surface area (Å²) in [7, 11) is 0. The van der Waals surface area contributed by atoms with Gasteiger partial charge in [-0.05, 0) is 4.58 Å². The normalized spacial score (nSPS) is 10.0. The van der Waals surface area contributed by atoms with Gasteiger partial charge in [-0.3, -0.25) is 0 Å². The van der Waals surface area contributed by atoms with Gasteiger partial charge in [-0.2, -0.15) is 4.39 Å². The van der Waals surface area contributed by atoms with Crippen LogP contribution in [0.4, 0.5) is 0 Å². The number of hydrogen-bond acceptors (Lipinski definition) is 4. The Bertz CT molecular complexity index is 161. The van der Waals surface area contributed by atoms with E-state index in [0.29, 0.717) is 0 Å². The second-order valence-electron chi connectivity index (χ2n) is 1.22. The van der Waals surface area contributed by atoms with Crippen LogP contribution < -0.4 is 0 Å².